The molecule has 1 aromatic heterocycles. The van der Waals surface area contributed by atoms with Gasteiger partial charge in [-0.3, -0.25) is 0 Å². The summed E-state index contributed by atoms with van der Waals surface area (Å²) in [5, 5.41) is 9.79. The highest BCUT2D eigenvalue weighted by Gasteiger charge is 2.10. The molecule has 2 rings (SSSR count). The first-order chi connectivity index (χ1) is 8.20. The van der Waals surface area contributed by atoms with Gasteiger partial charge in [0.1, 0.15) is 15.8 Å². The highest BCUT2D eigenvalue weighted by Crippen LogP contribution is 2.31. The molecule has 0 saturated carbocycles. The molecule has 0 saturated heterocycles. The summed E-state index contributed by atoms with van der Waals surface area (Å²) < 4.78 is 14.0. The summed E-state index contributed by atoms with van der Waals surface area (Å²) in [5.74, 6) is 0.333. The summed E-state index contributed by atoms with van der Waals surface area (Å²) in [6.45, 7) is 0. The van der Waals surface area contributed by atoms with Gasteiger partial charge < -0.3 is 0 Å². The van der Waals surface area contributed by atoms with Crippen LogP contribution in [0.5, 0.6) is 0 Å². The van der Waals surface area contributed by atoms with Crippen LogP contribution in [0.3, 0.4) is 0 Å². The van der Waals surface area contributed by atoms with Crippen LogP contribution in [-0.4, -0.2) is 16.1 Å². The van der Waals surface area contributed by atoms with Crippen LogP contribution in [0.15, 0.2) is 22.7 Å². The molecule has 0 aliphatic heterocycles. The van der Waals surface area contributed by atoms with E-state index in [1.54, 1.807) is 6.07 Å². The van der Waals surface area contributed by atoms with Crippen molar-refractivity contribution >= 4 is 38.9 Å². The van der Waals surface area contributed by atoms with Crippen LogP contribution < -0.4 is 0 Å². The first-order valence-corrected chi connectivity index (χ1v) is 7.19. The van der Waals surface area contributed by atoms with Crippen molar-refractivity contribution in [2.45, 2.75) is 12.8 Å². The zero-order valence-corrected chi connectivity index (χ0v) is 11.9. The molecule has 0 atom stereocenters. The number of aromatic nitrogens is 2. The lowest BCUT2D eigenvalue weighted by Gasteiger charge is -1.99. The van der Waals surface area contributed by atoms with Crippen LogP contribution in [0.1, 0.15) is 11.4 Å². The maximum Gasteiger partial charge on any atom is 0.149 e. The summed E-state index contributed by atoms with van der Waals surface area (Å²) in [6, 6.07) is 4.53. The van der Waals surface area contributed by atoms with Gasteiger partial charge in [-0.1, -0.05) is 27.3 Å². The van der Waals surface area contributed by atoms with Gasteiger partial charge >= 0.3 is 0 Å². The molecule has 0 radical (unpaired) electrons. The van der Waals surface area contributed by atoms with Crippen LogP contribution in [0.2, 0.25) is 0 Å². The molecular weight excluding hydrogens is 327 g/mol. The van der Waals surface area contributed by atoms with Crippen LogP contribution >= 0.6 is 38.9 Å². The van der Waals surface area contributed by atoms with Crippen molar-refractivity contribution in [1.82, 2.24) is 10.2 Å². The third-order valence-electron chi connectivity index (χ3n) is 2.15. The minimum absolute atomic E-state index is 0.277. The Kier molecular flexibility index (Phi) is 4.48. The lowest BCUT2D eigenvalue weighted by atomic mass is 10.2. The normalized spacial score (nSPS) is 10.8. The van der Waals surface area contributed by atoms with Gasteiger partial charge in [0, 0.05) is 22.3 Å². The molecule has 90 valence electrons. The third kappa shape index (κ3) is 3.24. The van der Waals surface area contributed by atoms with Crippen LogP contribution in [0.4, 0.5) is 4.39 Å². The van der Waals surface area contributed by atoms with Crippen molar-refractivity contribution in [3.63, 3.8) is 0 Å². The number of hydrogen-bond acceptors (Lipinski definition) is 3. The molecule has 6 heteroatoms. The SMILES string of the molecule is Fc1ccc(Br)c(-c2nnc(CCCCl)s2)c1. The topological polar surface area (TPSA) is 25.8 Å². The Morgan fingerprint density at radius 1 is 1.35 bits per heavy atom. The van der Waals surface area contributed by atoms with Crippen LogP contribution in [-0.2, 0) is 6.42 Å². The van der Waals surface area contributed by atoms with Crippen LogP contribution in [0.25, 0.3) is 10.6 Å². The fourth-order valence-corrected chi connectivity index (χ4v) is 2.95. The predicted molar refractivity (Wildman–Crippen MR) is 72.0 cm³/mol. The Morgan fingerprint density at radius 2 is 2.18 bits per heavy atom. The molecule has 0 amide bonds. The van der Waals surface area contributed by atoms with Crippen molar-refractivity contribution in [2.75, 3.05) is 5.88 Å². The zero-order valence-electron chi connectivity index (χ0n) is 8.79. The second kappa shape index (κ2) is 5.89. The number of nitrogens with zero attached hydrogens (tertiary/aromatic N) is 2. The average Bonchev–Trinajstić information content (AvgIpc) is 2.78. The molecule has 1 aromatic carbocycles. The van der Waals surface area contributed by atoms with Gasteiger partial charge in [0.2, 0.25) is 0 Å². The van der Waals surface area contributed by atoms with Crippen molar-refractivity contribution in [3.05, 3.63) is 33.5 Å². The van der Waals surface area contributed by atoms with Crippen molar-refractivity contribution in [2.24, 2.45) is 0 Å². The fourth-order valence-electron chi connectivity index (χ4n) is 1.34. The second-order valence-corrected chi connectivity index (χ2v) is 5.71. The van der Waals surface area contributed by atoms with E-state index in [1.165, 1.54) is 23.5 Å². The number of halogens is 3. The van der Waals surface area contributed by atoms with Crippen molar-refractivity contribution in [1.29, 1.82) is 0 Å². The Morgan fingerprint density at radius 3 is 2.94 bits per heavy atom. The molecule has 2 aromatic rings. The quantitative estimate of drug-likeness (QED) is 0.779. The molecule has 0 N–H and O–H groups in total. The smallest absolute Gasteiger partial charge is 0.149 e. The summed E-state index contributed by atoms with van der Waals surface area (Å²) in [5.41, 5.74) is 0.736. The van der Waals surface area contributed by atoms with Gasteiger partial charge in [0.25, 0.3) is 0 Å². The molecule has 0 aliphatic carbocycles. The maximum atomic E-state index is 13.2. The molecule has 0 fully saturated rings. The zero-order chi connectivity index (χ0) is 12.3. The first-order valence-electron chi connectivity index (χ1n) is 5.04. The number of alkyl halides is 1. The lowest BCUT2D eigenvalue weighted by Crippen LogP contribution is -1.84. The highest BCUT2D eigenvalue weighted by molar-refractivity contribution is 9.10. The van der Waals surface area contributed by atoms with Crippen molar-refractivity contribution < 1.29 is 4.39 Å². The number of rotatable bonds is 4. The fraction of sp³-hybridized carbons (Fsp3) is 0.273. The first kappa shape index (κ1) is 12.9. The Bertz CT molecular complexity index is 518. The van der Waals surface area contributed by atoms with Crippen LogP contribution in [0, 0.1) is 5.82 Å². The number of hydrogen-bond donors (Lipinski definition) is 0. The van der Waals surface area contributed by atoms with Gasteiger partial charge in [-0.25, -0.2) is 4.39 Å². The van der Waals surface area contributed by atoms with E-state index in [4.69, 9.17) is 11.6 Å². The Labute approximate surface area is 116 Å². The van der Waals surface area contributed by atoms with Gasteiger partial charge in [-0.2, -0.15) is 0 Å². The summed E-state index contributed by atoms with van der Waals surface area (Å²) >= 11 is 10.5. The molecule has 0 unspecified atom stereocenters. The average molecular weight is 336 g/mol. The van der Waals surface area contributed by atoms with E-state index in [0.29, 0.717) is 5.88 Å². The predicted octanol–water partition coefficient (Wildman–Crippen LogP) is 4.28. The molecule has 0 spiro atoms. The number of benzene rings is 1. The van der Waals surface area contributed by atoms with E-state index in [1.807, 2.05) is 0 Å². The minimum atomic E-state index is -0.277. The van der Waals surface area contributed by atoms with E-state index in [0.717, 1.165) is 32.9 Å². The monoisotopic (exact) mass is 334 g/mol. The van der Waals surface area contributed by atoms with Crippen molar-refractivity contribution in [3.8, 4) is 10.6 Å². The summed E-state index contributed by atoms with van der Waals surface area (Å²) in [6.07, 6.45) is 1.69. The third-order valence-corrected chi connectivity index (χ3v) is 4.13. The number of aryl methyl sites for hydroxylation is 1. The highest BCUT2D eigenvalue weighted by atomic mass is 79.9. The van der Waals surface area contributed by atoms with Gasteiger partial charge in [-0.15, -0.1) is 21.8 Å². The van der Waals surface area contributed by atoms with Gasteiger partial charge in [0.05, 0.1) is 0 Å². The second-order valence-electron chi connectivity index (χ2n) is 3.42. The summed E-state index contributed by atoms with van der Waals surface area (Å²) in [7, 11) is 0. The van der Waals surface area contributed by atoms with E-state index in [9.17, 15) is 4.39 Å². The minimum Gasteiger partial charge on any atom is -0.207 e. The molecule has 17 heavy (non-hydrogen) atoms. The summed E-state index contributed by atoms with van der Waals surface area (Å²) in [4.78, 5) is 0. The Hall–Kier alpha value is -0.520. The van der Waals surface area contributed by atoms with E-state index in [2.05, 4.69) is 26.1 Å². The van der Waals surface area contributed by atoms with E-state index >= 15 is 0 Å². The van der Waals surface area contributed by atoms with Gasteiger partial charge in [0.15, 0.2) is 0 Å². The molecular formula is C11H9BrClFN2S. The Balaban J connectivity index is 2.27. The maximum absolute atomic E-state index is 13.2. The molecule has 2 nitrogen and oxygen atoms in total. The molecule has 0 bridgehead atoms. The van der Waals surface area contributed by atoms with E-state index in [-0.39, 0.29) is 5.82 Å². The lowest BCUT2D eigenvalue weighted by molar-refractivity contribution is 0.628. The molecule has 1 heterocycles. The molecule has 0 aliphatic rings. The standard InChI is InChI=1S/C11H9BrClFN2S/c12-9-4-3-7(14)6-8(9)11-16-15-10(17-11)2-1-5-13/h3-4,6H,1-2,5H2. The van der Waals surface area contributed by atoms with Gasteiger partial charge in [-0.05, 0) is 24.6 Å². The van der Waals surface area contributed by atoms with E-state index < -0.39 is 0 Å². The largest absolute Gasteiger partial charge is 0.207 e.